The van der Waals surface area contributed by atoms with E-state index in [1.165, 1.54) is 0 Å². The Balaban J connectivity index is 1.53. The summed E-state index contributed by atoms with van der Waals surface area (Å²) in [5, 5.41) is 6.16. The molecule has 0 spiro atoms. The second-order valence-electron chi connectivity index (χ2n) is 5.91. The lowest BCUT2D eigenvalue weighted by molar-refractivity contribution is -0.122. The first-order valence-corrected chi connectivity index (χ1v) is 8.09. The number of anilines is 1. The topological polar surface area (TPSA) is 84.2 Å². The molecular weight excluding hydrogens is 326 g/mol. The Kier molecular flexibility index (Phi) is 4.71. The smallest absolute Gasteiger partial charge is 0.316 e. The number of amides is 3. The second-order valence-corrected chi connectivity index (χ2v) is 6.34. The molecule has 5 nitrogen and oxygen atoms in total. The number of carbonyl (C=O) groups is 2. The monoisotopic (exact) mass is 343 g/mol. The van der Waals surface area contributed by atoms with Crippen molar-refractivity contribution in [3.8, 4) is 0 Å². The highest BCUT2D eigenvalue weighted by molar-refractivity contribution is 6.30. The average Bonchev–Trinajstić information content (AvgIpc) is 3.34. The number of benzene rings is 2. The molecule has 0 bridgehead atoms. The molecule has 3 rings (SSSR count). The predicted octanol–water partition coefficient (Wildman–Crippen LogP) is 3.25. The summed E-state index contributed by atoms with van der Waals surface area (Å²) in [4.78, 5) is 23.1. The zero-order valence-electron chi connectivity index (χ0n) is 13.0. The Labute approximate surface area is 145 Å². The third-order valence-corrected chi connectivity index (χ3v) is 4.34. The molecule has 0 aliphatic heterocycles. The molecule has 4 N–H and O–H groups in total. The third kappa shape index (κ3) is 4.06. The van der Waals surface area contributed by atoms with E-state index in [1.54, 1.807) is 18.2 Å². The minimum absolute atomic E-state index is 0.0121. The van der Waals surface area contributed by atoms with Crippen LogP contribution >= 0.6 is 11.6 Å². The summed E-state index contributed by atoms with van der Waals surface area (Å²) in [6, 6.07) is 14.2. The van der Waals surface area contributed by atoms with Crippen molar-refractivity contribution in [3.05, 3.63) is 64.7 Å². The van der Waals surface area contributed by atoms with Crippen LogP contribution in [0.5, 0.6) is 0 Å². The summed E-state index contributed by atoms with van der Waals surface area (Å²) in [5.74, 6) is 0.325. The van der Waals surface area contributed by atoms with E-state index in [-0.39, 0.29) is 17.7 Å². The Hall–Kier alpha value is -2.53. The molecule has 0 unspecified atom stereocenters. The van der Waals surface area contributed by atoms with Crippen LogP contribution in [0.15, 0.2) is 48.5 Å². The van der Waals surface area contributed by atoms with Crippen LogP contribution in [0.1, 0.15) is 23.5 Å². The summed E-state index contributed by atoms with van der Waals surface area (Å²) in [7, 11) is 0. The van der Waals surface area contributed by atoms with Crippen LogP contribution in [0.3, 0.4) is 0 Å². The Bertz CT molecular complexity index is 761. The first-order chi connectivity index (χ1) is 11.5. The predicted molar refractivity (Wildman–Crippen MR) is 93.8 cm³/mol. The van der Waals surface area contributed by atoms with Gasteiger partial charge in [-0.15, -0.1) is 0 Å². The van der Waals surface area contributed by atoms with E-state index in [9.17, 15) is 9.59 Å². The van der Waals surface area contributed by atoms with E-state index in [2.05, 4.69) is 10.6 Å². The van der Waals surface area contributed by atoms with E-state index >= 15 is 0 Å². The molecule has 1 fully saturated rings. The normalized spacial score (nSPS) is 18.7. The van der Waals surface area contributed by atoms with Gasteiger partial charge < -0.3 is 16.4 Å². The highest BCUT2D eigenvalue weighted by atomic mass is 35.5. The first-order valence-electron chi connectivity index (χ1n) is 7.71. The van der Waals surface area contributed by atoms with Crippen molar-refractivity contribution >= 4 is 29.2 Å². The zero-order chi connectivity index (χ0) is 17.1. The molecule has 1 aliphatic rings. The molecule has 1 saturated carbocycles. The molecule has 2 aromatic carbocycles. The number of nitrogens with one attached hydrogen (secondary N) is 2. The van der Waals surface area contributed by atoms with Crippen LogP contribution < -0.4 is 16.4 Å². The van der Waals surface area contributed by atoms with Crippen LogP contribution in [0, 0.1) is 5.92 Å². The standard InChI is InChI=1S/C18H18ClN3O2/c19-13-6-4-12(5-7-13)15-9-16(15)17(23)21-10-11-2-1-3-14(8-11)22-18(20)24/h1-8,15-16H,9-10H2,(H,21,23)(H3,20,22,24)/t15-,16+/m0/s1. The molecule has 124 valence electrons. The van der Waals surface area contributed by atoms with Gasteiger partial charge in [0.25, 0.3) is 0 Å². The Morgan fingerprint density at radius 2 is 1.92 bits per heavy atom. The van der Waals surface area contributed by atoms with Gasteiger partial charge in [-0.05, 0) is 47.7 Å². The van der Waals surface area contributed by atoms with Gasteiger partial charge >= 0.3 is 6.03 Å². The van der Waals surface area contributed by atoms with Crippen LogP contribution in [0.25, 0.3) is 0 Å². The minimum Gasteiger partial charge on any atom is -0.352 e. The third-order valence-electron chi connectivity index (χ3n) is 4.09. The number of rotatable bonds is 5. The van der Waals surface area contributed by atoms with Crippen LogP contribution in [0.4, 0.5) is 10.5 Å². The molecule has 24 heavy (non-hydrogen) atoms. The zero-order valence-corrected chi connectivity index (χ0v) is 13.7. The maximum Gasteiger partial charge on any atom is 0.316 e. The lowest BCUT2D eigenvalue weighted by Crippen LogP contribution is -2.25. The second kappa shape index (κ2) is 6.93. The number of hydrogen-bond donors (Lipinski definition) is 3. The number of hydrogen-bond acceptors (Lipinski definition) is 2. The van der Waals surface area contributed by atoms with Crippen LogP contribution in [-0.2, 0) is 11.3 Å². The van der Waals surface area contributed by atoms with Crippen molar-refractivity contribution < 1.29 is 9.59 Å². The Morgan fingerprint density at radius 3 is 2.62 bits per heavy atom. The molecule has 2 atom stereocenters. The molecule has 6 heteroatoms. The van der Waals surface area contributed by atoms with E-state index < -0.39 is 6.03 Å². The fourth-order valence-corrected chi connectivity index (χ4v) is 2.91. The Morgan fingerprint density at radius 1 is 1.17 bits per heavy atom. The average molecular weight is 344 g/mol. The molecular formula is C18H18ClN3O2. The number of carbonyl (C=O) groups excluding carboxylic acids is 2. The molecule has 0 radical (unpaired) electrons. The summed E-state index contributed by atoms with van der Waals surface area (Å²) >= 11 is 5.88. The molecule has 0 heterocycles. The van der Waals surface area contributed by atoms with E-state index in [0.717, 1.165) is 17.5 Å². The van der Waals surface area contributed by atoms with E-state index in [1.807, 2.05) is 30.3 Å². The molecule has 3 amide bonds. The molecule has 1 aliphatic carbocycles. The first kappa shape index (κ1) is 16.3. The fraction of sp³-hybridized carbons (Fsp3) is 0.222. The highest BCUT2D eigenvalue weighted by Gasteiger charge is 2.43. The summed E-state index contributed by atoms with van der Waals surface area (Å²) in [6.45, 7) is 0.414. The molecule has 0 saturated heterocycles. The fourth-order valence-electron chi connectivity index (χ4n) is 2.78. The summed E-state index contributed by atoms with van der Waals surface area (Å²) < 4.78 is 0. The van der Waals surface area contributed by atoms with Crippen molar-refractivity contribution in [2.24, 2.45) is 11.7 Å². The van der Waals surface area contributed by atoms with Gasteiger partial charge in [-0.1, -0.05) is 35.9 Å². The van der Waals surface area contributed by atoms with Crippen molar-refractivity contribution in [3.63, 3.8) is 0 Å². The van der Waals surface area contributed by atoms with E-state index in [4.69, 9.17) is 17.3 Å². The van der Waals surface area contributed by atoms with Gasteiger partial charge in [-0.3, -0.25) is 4.79 Å². The van der Waals surface area contributed by atoms with Crippen molar-refractivity contribution in [2.75, 3.05) is 5.32 Å². The van der Waals surface area contributed by atoms with Crippen molar-refractivity contribution in [1.82, 2.24) is 5.32 Å². The highest BCUT2D eigenvalue weighted by Crippen LogP contribution is 2.47. The number of halogens is 1. The maximum atomic E-state index is 12.3. The van der Waals surface area contributed by atoms with Crippen LogP contribution in [0.2, 0.25) is 5.02 Å². The van der Waals surface area contributed by atoms with Gasteiger partial charge in [-0.2, -0.15) is 0 Å². The number of urea groups is 1. The summed E-state index contributed by atoms with van der Waals surface area (Å²) in [5.41, 5.74) is 7.75. The van der Waals surface area contributed by atoms with Gasteiger partial charge in [0.15, 0.2) is 0 Å². The van der Waals surface area contributed by atoms with Gasteiger partial charge in [0, 0.05) is 23.2 Å². The van der Waals surface area contributed by atoms with Gasteiger partial charge in [0.2, 0.25) is 5.91 Å². The minimum atomic E-state index is -0.611. The largest absolute Gasteiger partial charge is 0.352 e. The molecule has 0 aromatic heterocycles. The quantitative estimate of drug-likeness (QED) is 0.778. The summed E-state index contributed by atoms with van der Waals surface area (Å²) in [6.07, 6.45) is 0.858. The molecule has 2 aromatic rings. The lowest BCUT2D eigenvalue weighted by Gasteiger charge is -2.08. The number of nitrogens with two attached hydrogens (primary N) is 1. The number of primary amides is 1. The van der Waals surface area contributed by atoms with Gasteiger partial charge in [0.1, 0.15) is 0 Å². The maximum absolute atomic E-state index is 12.3. The van der Waals surface area contributed by atoms with Gasteiger partial charge in [0.05, 0.1) is 0 Å². The lowest BCUT2D eigenvalue weighted by atomic mass is 10.1. The van der Waals surface area contributed by atoms with E-state index in [0.29, 0.717) is 17.3 Å². The van der Waals surface area contributed by atoms with Gasteiger partial charge in [-0.25, -0.2) is 4.79 Å². The van der Waals surface area contributed by atoms with Crippen molar-refractivity contribution in [2.45, 2.75) is 18.9 Å². The van der Waals surface area contributed by atoms with Crippen molar-refractivity contribution in [1.29, 1.82) is 0 Å². The van der Waals surface area contributed by atoms with Crippen LogP contribution in [-0.4, -0.2) is 11.9 Å². The SMILES string of the molecule is NC(=O)Nc1cccc(CNC(=O)[C@@H]2C[C@H]2c2ccc(Cl)cc2)c1.